The van der Waals surface area contributed by atoms with Crippen molar-refractivity contribution in [1.29, 1.82) is 0 Å². The molecule has 40 heavy (non-hydrogen) atoms. The van der Waals surface area contributed by atoms with Crippen LogP contribution >= 0.6 is 0 Å². The normalized spacial score (nSPS) is 22.2. The van der Waals surface area contributed by atoms with Crippen LogP contribution in [0.5, 0.6) is 0 Å². The smallest absolute Gasteiger partial charge is 0.379 e. The molecular weight excluding hydrogens is 519 g/mol. The number of carbonyl (C=O) groups excluding carboxylic acids is 1. The number of nitrogens with zero attached hydrogens (tertiary/aromatic N) is 5. The summed E-state index contributed by atoms with van der Waals surface area (Å²) < 4.78 is 45.4. The maximum Gasteiger partial charge on any atom is 0.416 e. The van der Waals surface area contributed by atoms with E-state index in [2.05, 4.69) is 40.5 Å². The second-order valence-electron chi connectivity index (χ2n) is 11.7. The van der Waals surface area contributed by atoms with Crippen molar-refractivity contribution < 1.29 is 22.7 Å². The Morgan fingerprint density at radius 3 is 2.35 bits per heavy atom. The standard InChI is InChI=1S/C30H42F3N5O2/c1-20-18-37(29(5)10-12-36(13-11-29)28(39)27-21(2)34-19-35-22(27)3)14-15-38(20)23(4)26(40-6)17-24-8-7-9-25(16-24)30(31,32)33/h7-9,16,19-20,23,26H,10-15,17-18H2,1-6H3/t20-,23?,26?/m0/s1. The highest BCUT2D eigenvalue weighted by molar-refractivity contribution is 5.96. The Morgan fingerprint density at radius 2 is 1.77 bits per heavy atom. The Balaban J connectivity index is 1.35. The van der Waals surface area contributed by atoms with Crippen molar-refractivity contribution in [1.82, 2.24) is 24.7 Å². The van der Waals surface area contributed by atoms with E-state index in [0.29, 0.717) is 42.0 Å². The summed E-state index contributed by atoms with van der Waals surface area (Å²) in [5.41, 5.74) is 2.04. The molecule has 1 aromatic carbocycles. The molecular formula is C30H42F3N5O2. The largest absolute Gasteiger partial charge is 0.416 e. The number of alkyl halides is 3. The Kier molecular flexibility index (Phi) is 9.21. The van der Waals surface area contributed by atoms with Gasteiger partial charge in [0.1, 0.15) is 6.33 Å². The maximum absolute atomic E-state index is 13.2. The van der Waals surface area contributed by atoms with Gasteiger partial charge in [0, 0.05) is 63.9 Å². The highest BCUT2D eigenvalue weighted by atomic mass is 19.4. The predicted molar refractivity (Wildman–Crippen MR) is 148 cm³/mol. The lowest BCUT2D eigenvalue weighted by Gasteiger charge is -2.53. The number of rotatable bonds is 7. The summed E-state index contributed by atoms with van der Waals surface area (Å²) in [6.07, 6.45) is -0.886. The van der Waals surface area contributed by atoms with E-state index in [4.69, 9.17) is 4.74 Å². The molecule has 0 bridgehead atoms. The number of aromatic nitrogens is 2. The van der Waals surface area contributed by atoms with Gasteiger partial charge in [-0.05, 0) is 59.1 Å². The first-order valence-corrected chi connectivity index (χ1v) is 14.1. The fourth-order valence-corrected chi connectivity index (χ4v) is 6.41. The summed E-state index contributed by atoms with van der Waals surface area (Å²) >= 11 is 0. The Bertz CT molecular complexity index is 1160. The molecule has 2 fully saturated rings. The van der Waals surface area contributed by atoms with Crippen LogP contribution in [0.25, 0.3) is 0 Å². The average Bonchev–Trinajstić information content (AvgIpc) is 2.91. The van der Waals surface area contributed by atoms with Crippen LogP contribution in [0.1, 0.15) is 66.5 Å². The van der Waals surface area contributed by atoms with Gasteiger partial charge in [-0.2, -0.15) is 13.2 Å². The third kappa shape index (κ3) is 6.50. The zero-order chi connectivity index (χ0) is 29.2. The first-order valence-electron chi connectivity index (χ1n) is 14.1. The number of aryl methyl sites for hydroxylation is 2. The Morgan fingerprint density at radius 1 is 1.12 bits per heavy atom. The second kappa shape index (κ2) is 12.1. The third-order valence-corrected chi connectivity index (χ3v) is 9.07. The molecule has 0 aliphatic carbocycles. The number of piperazine rings is 1. The minimum atomic E-state index is -4.36. The van der Waals surface area contributed by atoms with Crippen molar-refractivity contribution in [3.8, 4) is 0 Å². The van der Waals surface area contributed by atoms with Gasteiger partial charge in [0.05, 0.1) is 28.6 Å². The van der Waals surface area contributed by atoms with E-state index in [-0.39, 0.29) is 29.6 Å². The van der Waals surface area contributed by atoms with Crippen LogP contribution in [0.2, 0.25) is 0 Å². The van der Waals surface area contributed by atoms with Crippen molar-refractivity contribution in [2.75, 3.05) is 39.8 Å². The number of ether oxygens (including phenoxy) is 1. The number of hydrogen-bond donors (Lipinski definition) is 0. The molecule has 0 spiro atoms. The van der Waals surface area contributed by atoms with Crippen molar-refractivity contribution in [3.63, 3.8) is 0 Å². The molecule has 3 atom stereocenters. The first-order chi connectivity index (χ1) is 18.8. The first kappa shape index (κ1) is 30.4. The zero-order valence-electron chi connectivity index (χ0n) is 24.5. The predicted octanol–water partition coefficient (Wildman–Crippen LogP) is 4.76. The molecule has 4 rings (SSSR count). The Labute approximate surface area is 235 Å². The van der Waals surface area contributed by atoms with E-state index in [0.717, 1.165) is 38.5 Å². The SMILES string of the molecule is COC(Cc1cccc(C(F)(F)F)c1)C(C)N1CCN(C2(C)CCN(C(=O)c3c(C)ncnc3C)CC2)C[C@@H]1C. The summed E-state index contributed by atoms with van der Waals surface area (Å²) in [6, 6.07) is 5.84. The molecule has 2 aliphatic rings. The molecule has 0 N–H and O–H groups in total. The van der Waals surface area contributed by atoms with Crippen LogP contribution in [0, 0.1) is 13.8 Å². The van der Waals surface area contributed by atoms with Gasteiger partial charge in [-0.15, -0.1) is 0 Å². The highest BCUT2D eigenvalue weighted by Crippen LogP contribution is 2.33. The van der Waals surface area contributed by atoms with Crippen molar-refractivity contribution in [2.45, 2.75) is 83.8 Å². The summed E-state index contributed by atoms with van der Waals surface area (Å²) in [5.74, 6) is 0.0102. The molecule has 0 saturated carbocycles. The summed E-state index contributed by atoms with van der Waals surface area (Å²) in [4.78, 5) is 28.6. The zero-order valence-corrected chi connectivity index (χ0v) is 24.5. The van der Waals surface area contributed by atoms with Crippen molar-refractivity contribution in [3.05, 3.63) is 58.7 Å². The van der Waals surface area contributed by atoms with Gasteiger partial charge in [0.2, 0.25) is 0 Å². The van der Waals surface area contributed by atoms with Gasteiger partial charge in [-0.1, -0.05) is 18.2 Å². The molecule has 2 saturated heterocycles. The van der Waals surface area contributed by atoms with E-state index in [9.17, 15) is 18.0 Å². The van der Waals surface area contributed by atoms with E-state index in [1.54, 1.807) is 13.2 Å². The monoisotopic (exact) mass is 561 g/mol. The number of carbonyl (C=O) groups is 1. The lowest BCUT2D eigenvalue weighted by Crippen LogP contribution is -2.64. The van der Waals surface area contributed by atoms with Crippen LogP contribution in [-0.2, 0) is 17.3 Å². The molecule has 2 aromatic rings. The van der Waals surface area contributed by atoms with Crippen LogP contribution < -0.4 is 0 Å². The van der Waals surface area contributed by atoms with E-state index in [1.165, 1.54) is 18.5 Å². The van der Waals surface area contributed by atoms with Crippen LogP contribution in [-0.4, -0.2) is 94.1 Å². The van der Waals surface area contributed by atoms with Crippen molar-refractivity contribution in [2.24, 2.45) is 0 Å². The molecule has 2 aliphatic heterocycles. The van der Waals surface area contributed by atoms with E-state index in [1.807, 2.05) is 18.7 Å². The quantitative estimate of drug-likeness (QED) is 0.486. The number of piperidine rings is 1. The van der Waals surface area contributed by atoms with E-state index >= 15 is 0 Å². The minimum absolute atomic E-state index is 0.00363. The summed E-state index contributed by atoms with van der Waals surface area (Å²) in [5, 5.41) is 0. The average molecular weight is 562 g/mol. The molecule has 1 amide bonds. The van der Waals surface area contributed by atoms with Crippen LogP contribution in [0.15, 0.2) is 30.6 Å². The van der Waals surface area contributed by atoms with Gasteiger partial charge in [-0.3, -0.25) is 14.6 Å². The van der Waals surface area contributed by atoms with Gasteiger partial charge in [0.15, 0.2) is 0 Å². The number of methoxy groups -OCH3 is 1. The Hall–Kier alpha value is -2.56. The highest BCUT2D eigenvalue weighted by Gasteiger charge is 2.41. The molecule has 10 heteroatoms. The topological polar surface area (TPSA) is 61.8 Å². The van der Waals surface area contributed by atoms with Crippen molar-refractivity contribution >= 4 is 5.91 Å². The van der Waals surface area contributed by atoms with Crippen LogP contribution in [0.4, 0.5) is 13.2 Å². The van der Waals surface area contributed by atoms with Crippen LogP contribution in [0.3, 0.4) is 0 Å². The minimum Gasteiger partial charge on any atom is -0.379 e. The van der Waals surface area contributed by atoms with Gasteiger partial charge in [-0.25, -0.2) is 9.97 Å². The van der Waals surface area contributed by atoms with Gasteiger partial charge < -0.3 is 9.64 Å². The van der Waals surface area contributed by atoms with Gasteiger partial charge >= 0.3 is 6.18 Å². The molecule has 0 radical (unpaired) electrons. The van der Waals surface area contributed by atoms with Gasteiger partial charge in [0.25, 0.3) is 5.91 Å². The summed E-state index contributed by atoms with van der Waals surface area (Å²) in [6.45, 7) is 14.3. The number of halogens is 3. The number of hydrogen-bond acceptors (Lipinski definition) is 6. The number of amides is 1. The van der Waals surface area contributed by atoms with E-state index < -0.39 is 11.7 Å². The molecule has 1 aromatic heterocycles. The lowest BCUT2D eigenvalue weighted by molar-refractivity contribution is -0.137. The maximum atomic E-state index is 13.2. The summed E-state index contributed by atoms with van der Waals surface area (Å²) in [7, 11) is 1.64. The number of likely N-dealkylation sites (tertiary alicyclic amines) is 1. The molecule has 220 valence electrons. The molecule has 2 unspecified atom stereocenters. The third-order valence-electron chi connectivity index (χ3n) is 9.07. The second-order valence-corrected chi connectivity index (χ2v) is 11.7. The molecule has 7 nitrogen and oxygen atoms in total. The lowest BCUT2D eigenvalue weighted by atomic mass is 9.86. The fourth-order valence-electron chi connectivity index (χ4n) is 6.41. The number of benzene rings is 1. The molecule has 3 heterocycles. The fraction of sp³-hybridized carbons (Fsp3) is 0.633.